The highest BCUT2D eigenvalue weighted by Crippen LogP contribution is 2.20. The molecular weight excluding hydrogens is 342 g/mol. The zero-order valence-electron chi connectivity index (χ0n) is 8.59. The summed E-state index contributed by atoms with van der Waals surface area (Å²) in [6.45, 7) is 4.12. The Kier molecular flexibility index (Phi) is 5.29. The third kappa shape index (κ3) is 3.89. The molecule has 1 rings (SSSR count). The second-order valence-electron chi connectivity index (χ2n) is 3.53. The van der Waals surface area contributed by atoms with E-state index in [2.05, 4.69) is 44.1 Å². The summed E-state index contributed by atoms with van der Waals surface area (Å²) in [5, 5.41) is 5.72. The van der Waals surface area contributed by atoms with Crippen molar-refractivity contribution in [3.63, 3.8) is 0 Å². The molecule has 84 valence electrons. The van der Waals surface area contributed by atoms with Crippen molar-refractivity contribution < 1.29 is 4.79 Å². The number of amides is 1. The van der Waals surface area contributed by atoms with Crippen LogP contribution in [0.2, 0.25) is 0 Å². The van der Waals surface area contributed by atoms with Crippen LogP contribution in [0.3, 0.4) is 0 Å². The zero-order valence-corrected chi connectivity index (χ0v) is 12.6. The Morgan fingerprint density at radius 1 is 1.60 bits per heavy atom. The van der Waals surface area contributed by atoms with E-state index in [4.69, 9.17) is 0 Å². The summed E-state index contributed by atoms with van der Waals surface area (Å²) in [5.41, 5.74) is 0.723. The third-order valence-electron chi connectivity index (χ3n) is 2.29. The number of rotatable bonds is 4. The Balaban J connectivity index is 2.56. The maximum atomic E-state index is 11.7. The third-order valence-corrected chi connectivity index (χ3v) is 4.81. The number of hydrogen-bond donors (Lipinski definition) is 1. The predicted octanol–water partition coefficient (Wildman–Crippen LogP) is 3.66. The van der Waals surface area contributed by atoms with Crippen molar-refractivity contribution in [1.29, 1.82) is 0 Å². The SMILES string of the molecule is CC(CBr)C(C)NC(=O)c1csc(Br)c1. The Morgan fingerprint density at radius 3 is 2.73 bits per heavy atom. The van der Waals surface area contributed by atoms with E-state index in [1.165, 1.54) is 11.3 Å². The lowest BCUT2D eigenvalue weighted by molar-refractivity contribution is 0.0931. The molecule has 0 aromatic carbocycles. The molecule has 0 saturated carbocycles. The molecule has 0 aliphatic heterocycles. The first-order valence-electron chi connectivity index (χ1n) is 4.65. The number of carbonyl (C=O) groups excluding carboxylic acids is 1. The normalized spacial score (nSPS) is 14.7. The predicted molar refractivity (Wildman–Crippen MR) is 71.9 cm³/mol. The van der Waals surface area contributed by atoms with E-state index in [1.54, 1.807) is 0 Å². The van der Waals surface area contributed by atoms with Crippen molar-refractivity contribution in [3.8, 4) is 0 Å². The molecule has 0 spiro atoms. The second-order valence-corrected chi connectivity index (χ2v) is 6.47. The summed E-state index contributed by atoms with van der Waals surface area (Å²) in [6, 6.07) is 2.02. The second kappa shape index (κ2) is 6.01. The lowest BCUT2D eigenvalue weighted by Gasteiger charge is -2.18. The number of nitrogens with one attached hydrogen (secondary N) is 1. The Morgan fingerprint density at radius 2 is 2.27 bits per heavy atom. The van der Waals surface area contributed by atoms with Crippen LogP contribution < -0.4 is 5.32 Å². The number of alkyl halides is 1. The van der Waals surface area contributed by atoms with Gasteiger partial charge in [0.1, 0.15) is 0 Å². The average molecular weight is 355 g/mol. The summed E-state index contributed by atoms with van der Waals surface area (Å²) < 4.78 is 0.980. The van der Waals surface area contributed by atoms with Gasteiger partial charge in [-0.2, -0.15) is 0 Å². The van der Waals surface area contributed by atoms with Gasteiger partial charge < -0.3 is 5.32 Å². The minimum absolute atomic E-state index is 0.00255. The van der Waals surface area contributed by atoms with E-state index >= 15 is 0 Å². The molecule has 5 heteroatoms. The smallest absolute Gasteiger partial charge is 0.252 e. The van der Waals surface area contributed by atoms with Gasteiger partial charge in [-0.3, -0.25) is 4.79 Å². The topological polar surface area (TPSA) is 29.1 Å². The standard InChI is InChI=1S/C10H13Br2NOS/c1-6(4-11)7(2)13-10(14)8-3-9(12)15-5-8/h3,5-7H,4H2,1-2H3,(H,13,14). The monoisotopic (exact) mass is 353 g/mol. The summed E-state index contributed by atoms with van der Waals surface area (Å²) in [4.78, 5) is 11.7. The molecule has 2 unspecified atom stereocenters. The highest BCUT2D eigenvalue weighted by atomic mass is 79.9. The molecule has 1 N–H and O–H groups in total. The van der Waals surface area contributed by atoms with Gasteiger partial charge in [0.25, 0.3) is 5.91 Å². The first kappa shape index (κ1) is 13.2. The van der Waals surface area contributed by atoms with Gasteiger partial charge in [-0.25, -0.2) is 0 Å². The van der Waals surface area contributed by atoms with E-state index < -0.39 is 0 Å². The van der Waals surface area contributed by atoms with Crippen molar-refractivity contribution in [1.82, 2.24) is 5.32 Å². The molecule has 1 aromatic heterocycles. The summed E-state index contributed by atoms with van der Waals surface area (Å²) in [5.74, 6) is 0.424. The Labute approximate surface area is 111 Å². The van der Waals surface area contributed by atoms with Crippen LogP contribution in [0.25, 0.3) is 0 Å². The fraction of sp³-hybridized carbons (Fsp3) is 0.500. The number of thiophene rings is 1. The van der Waals surface area contributed by atoms with Crippen molar-refractivity contribution >= 4 is 49.1 Å². The molecule has 0 aliphatic carbocycles. The van der Waals surface area contributed by atoms with Crippen LogP contribution in [0.5, 0.6) is 0 Å². The molecule has 15 heavy (non-hydrogen) atoms. The molecule has 1 heterocycles. The van der Waals surface area contributed by atoms with Gasteiger partial charge in [-0.1, -0.05) is 22.9 Å². The molecule has 2 atom stereocenters. The lowest BCUT2D eigenvalue weighted by atomic mass is 10.1. The van der Waals surface area contributed by atoms with Gasteiger partial charge in [-0.15, -0.1) is 11.3 Å². The van der Waals surface area contributed by atoms with Gasteiger partial charge in [0.2, 0.25) is 0 Å². The van der Waals surface area contributed by atoms with Crippen molar-refractivity contribution in [2.45, 2.75) is 19.9 Å². The molecule has 0 fully saturated rings. The Bertz CT molecular complexity index is 340. The van der Waals surface area contributed by atoms with Gasteiger partial charge >= 0.3 is 0 Å². The first-order valence-corrected chi connectivity index (χ1v) is 7.45. The summed E-state index contributed by atoms with van der Waals surface area (Å²) in [7, 11) is 0. The van der Waals surface area contributed by atoms with Crippen LogP contribution in [0.15, 0.2) is 15.2 Å². The summed E-state index contributed by atoms with van der Waals surface area (Å²) in [6.07, 6.45) is 0. The minimum atomic E-state index is -0.00255. The Hall–Kier alpha value is 0.130. The lowest BCUT2D eigenvalue weighted by Crippen LogP contribution is -2.37. The van der Waals surface area contributed by atoms with Crippen LogP contribution in [0.4, 0.5) is 0 Å². The highest BCUT2D eigenvalue weighted by molar-refractivity contribution is 9.11. The van der Waals surface area contributed by atoms with Gasteiger partial charge in [-0.05, 0) is 34.8 Å². The fourth-order valence-electron chi connectivity index (χ4n) is 0.995. The van der Waals surface area contributed by atoms with Gasteiger partial charge in [0.05, 0.1) is 9.35 Å². The highest BCUT2D eigenvalue weighted by Gasteiger charge is 2.15. The van der Waals surface area contributed by atoms with Crippen molar-refractivity contribution in [3.05, 3.63) is 20.8 Å². The van der Waals surface area contributed by atoms with E-state index in [1.807, 2.05) is 18.4 Å². The summed E-state index contributed by atoms with van der Waals surface area (Å²) >= 11 is 8.27. The first-order chi connectivity index (χ1) is 7.04. The molecule has 1 aromatic rings. The molecule has 0 aliphatic rings. The molecule has 0 saturated heterocycles. The van der Waals surface area contributed by atoms with Gasteiger partial charge in [0.15, 0.2) is 0 Å². The average Bonchev–Trinajstić information content (AvgIpc) is 2.63. The quantitative estimate of drug-likeness (QED) is 0.821. The fourth-order valence-corrected chi connectivity index (χ4v) is 2.69. The molecule has 0 bridgehead atoms. The number of carbonyl (C=O) groups is 1. The largest absolute Gasteiger partial charge is 0.349 e. The molecule has 0 radical (unpaired) electrons. The van der Waals surface area contributed by atoms with Crippen LogP contribution in [0, 0.1) is 5.92 Å². The number of hydrogen-bond acceptors (Lipinski definition) is 2. The van der Waals surface area contributed by atoms with E-state index in [0.29, 0.717) is 5.92 Å². The minimum Gasteiger partial charge on any atom is -0.349 e. The maximum Gasteiger partial charge on any atom is 0.252 e. The van der Waals surface area contributed by atoms with Gasteiger partial charge in [0, 0.05) is 16.8 Å². The molecule has 2 nitrogen and oxygen atoms in total. The zero-order chi connectivity index (χ0) is 11.4. The van der Waals surface area contributed by atoms with Crippen molar-refractivity contribution in [2.24, 2.45) is 5.92 Å². The number of halogens is 2. The van der Waals surface area contributed by atoms with E-state index in [-0.39, 0.29) is 11.9 Å². The molecule has 1 amide bonds. The van der Waals surface area contributed by atoms with Crippen LogP contribution >= 0.6 is 43.2 Å². The van der Waals surface area contributed by atoms with Crippen LogP contribution in [0.1, 0.15) is 24.2 Å². The van der Waals surface area contributed by atoms with Crippen LogP contribution in [-0.4, -0.2) is 17.3 Å². The molecular formula is C10H13Br2NOS. The van der Waals surface area contributed by atoms with E-state index in [0.717, 1.165) is 14.7 Å². The van der Waals surface area contributed by atoms with Crippen LogP contribution in [-0.2, 0) is 0 Å². The maximum absolute atomic E-state index is 11.7. The van der Waals surface area contributed by atoms with E-state index in [9.17, 15) is 4.79 Å². The van der Waals surface area contributed by atoms with Crippen molar-refractivity contribution in [2.75, 3.05) is 5.33 Å².